The minimum atomic E-state index is -3.75. The zero-order valence-electron chi connectivity index (χ0n) is 33.3. The summed E-state index contributed by atoms with van der Waals surface area (Å²) in [6.45, 7) is 16.3. The molecule has 3 saturated carbocycles. The van der Waals surface area contributed by atoms with Gasteiger partial charge in [-0.2, -0.15) is 4.31 Å². The number of nitrogens with one attached hydrogen (secondary N) is 4. The van der Waals surface area contributed by atoms with Crippen LogP contribution < -0.4 is 21.3 Å². The van der Waals surface area contributed by atoms with E-state index in [-0.39, 0.29) is 53.6 Å². The van der Waals surface area contributed by atoms with Gasteiger partial charge in [0.15, 0.2) is 0 Å². The average Bonchev–Trinajstić information content (AvgIpc) is 3.94. The molecule has 2 heterocycles. The van der Waals surface area contributed by atoms with Crippen LogP contribution in [0.2, 0.25) is 0 Å². The first-order valence-electron chi connectivity index (χ1n) is 20.0. The summed E-state index contributed by atoms with van der Waals surface area (Å²) in [5.74, 6) is -2.14. The molecule has 1 saturated heterocycles. The van der Waals surface area contributed by atoms with E-state index in [0.29, 0.717) is 31.4 Å². The summed E-state index contributed by atoms with van der Waals surface area (Å²) in [6, 6.07) is 2.87. The lowest BCUT2D eigenvalue weighted by Crippen LogP contribution is -2.63. The van der Waals surface area contributed by atoms with E-state index in [4.69, 9.17) is 0 Å². The van der Waals surface area contributed by atoms with Gasteiger partial charge in [0, 0.05) is 32.2 Å². The van der Waals surface area contributed by atoms with Crippen LogP contribution in [-0.4, -0.2) is 91.0 Å². The monoisotopic (exact) mass is 780 g/mol. The largest absolute Gasteiger partial charge is 0.346 e. The summed E-state index contributed by atoms with van der Waals surface area (Å²) in [7, 11) is -3.75. The average molecular weight is 781 g/mol. The normalized spacial score (nSPS) is 26.4. The summed E-state index contributed by atoms with van der Waals surface area (Å²) in [4.78, 5) is 71.3. The molecule has 2 unspecified atom stereocenters. The molecule has 13 nitrogen and oxygen atoms in total. The predicted octanol–water partition coefficient (Wildman–Crippen LogP) is 3.88. The topological polar surface area (TPSA) is 174 Å². The van der Waals surface area contributed by atoms with Crippen LogP contribution in [0.4, 0.5) is 4.79 Å². The molecule has 6 rings (SSSR count). The number of hydrogen-bond donors (Lipinski definition) is 4. The highest BCUT2D eigenvalue weighted by Gasteiger charge is 2.70. The third-order valence-electron chi connectivity index (χ3n) is 13.2. The van der Waals surface area contributed by atoms with Gasteiger partial charge < -0.3 is 26.2 Å². The summed E-state index contributed by atoms with van der Waals surface area (Å²) in [5, 5.41) is 11.5. The lowest BCUT2D eigenvalue weighted by Gasteiger charge is -2.43. The number of hydrogen-bond acceptors (Lipinski definition) is 7. The van der Waals surface area contributed by atoms with Gasteiger partial charge in [0.25, 0.3) is 5.91 Å². The van der Waals surface area contributed by atoms with E-state index in [1.165, 1.54) is 10.4 Å². The number of Topliss-reactive ketones (excluding diaryl/α,β-unsaturated/α-hetero) is 1. The molecule has 1 aromatic carbocycles. The van der Waals surface area contributed by atoms with Crippen LogP contribution in [0.5, 0.6) is 0 Å². The number of sulfonamides is 1. The van der Waals surface area contributed by atoms with Crippen LogP contribution in [0.3, 0.4) is 0 Å². The van der Waals surface area contributed by atoms with Gasteiger partial charge in [-0.1, -0.05) is 97.9 Å². The van der Waals surface area contributed by atoms with Crippen LogP contribution in [-0.2, 0) is 35.7 Å². The first-order chi connectivity index (χ1) is 25.8. The lowest BCUT2D eigenvalue weighted by molar-refractivity contribution is -0.146. The molecule has 0 spiro atoms. The standard InChI is InChI=1S/C41H60N6O7S/c1-8-20-42-36(50)33(48)28(21-25-16-17-25)43-35(49)32-31-27(40(31,5)6)23-47(32)37(51)34(41(7)18-12-9-13-19-41)45-38(52)44-30(39(2,3)4)24-46-22-26-14-10-11-15-29(26)55(46,53)54/h8,10-11,14-15,25,27-28,30-32,34H,1,9,12-13,16-24H2,2-7H3,(H,42,50)(H,43,49)(H2,44,45,52)/t27?,28?,30-,31+,32+,34-/m1/s1. The van der Waals surface area contributed by atoms with E-state index in [0.717, 1.165) is 32.1 Å². The van der Waals surface area contributed by atoms with Gasteiger partial charge in [-0.3, -0.25) is 19.2 Å². The number of ketones is 1. The van der Waals surface area contributed by atoms with Crippen molar-refractivity contribution in [2.45, 2.75) is 129 Å². The first-order valence-corrected chi connectivity index (χ1v) is 21.4. The van der Waals surface area contributed by atoms with Crippen molar-refractivity contribution in [2.24, 2.45) is 34.0 Å². The number of carbonyl (C=O) groups excluding carboxylic acids is 5. The Morgan fingerprint density at radius 3 is 2.27 bits per heavy atom. The first kappa shape index (κ1) is 40.9. The van der Waals surface area contributed by atoms with Crippen LogP contribution >= 0.6 is 0 Å². The highest BCUT2D eigenvalue weighted by atomic mass is 32.2. The third-order valence-corrected chi connectivity index (χ3v) is 15.1. The number of urea groups is 1. The molecule has 4 fully saturated rings. The van der Waals surface area contributed by atoms with Crippen molar-refractivity contribution in [3.8, 4) is 0 Å². The van der Waals surface area contributed by atoms with E-state index in [1.54, 1.807) is 23.1 Å². The zero-order chi connectivity index (χ0) is 40.1. The molecular weight excluding hydrogens is 721 g/mol. The van der Waals surface area contributed by atoms with Crippen LogP contribution in [0.15, 0.2) is 41.8 Å². The Balaban J connectivity index is 1.22. The molecule has 5 amide bonds. The van der Waals surface area contributed by atoms with Crippen molar-refractivity contribution >= 4 is 39.6 Å². The summed E-state index contributed by atoms with van der Waals surface area (Å²) < 4.78 is 28.3. The fourth-order valence-corrected chi connectivity index (χ4v) is 10.9. The van der Waals surface area contributed by atoms with Gasteiger partial charge in [0.1, 0.15) is 12.1 Å². The Morgan fingerprint density at radius 1 is 0.982 bits per heavy atom. The maximum atomic E-state index is 15.0. The van der Waals surface area contributed by atoms with E-state index in [1.807, 2.05) is 33.8 Å². The van der Waals surface area contributed by atoms with Crippen molar-refractivity contribution in [1.29, 1.82) is 0 Å². The number of fused-ring (bicyclic) bond motifs is 2. The van der Waals surface area contributed by atoms with E-state index < -0.39 is 68.6 Å². The Kier molecular flexibility index (Phi) is 11.4. The van der Waals surface area contributed by atoms with Gasteiger partial charge >= 0.3 is 6.03 Å². The molecule has 3 aliphatic carbocycles. The van der Waals surface area contributed by atoms with Crippen molar-refractivity contribution in [2.75, 3.05) is 19.6 Å². The summed E-state index contributed by atoms with van der Waals surface area (Å²) >= 11 is 0. The third kappa shape index (κ3) is 8.36. The molecule has 55 heavy (non-hydrogen) atoms. The van der Waals surface area contributed by atoms with Gasteiger partial charge in [0.05, 0.1) is 10.9 Å². The fourth-order valence-electron chi connectivity index (χ4n) is 9.28. The molecule has 0 bridgehead atoms. The van der Waals surface area contributed by atoms with E-state index >= 15 is 0 Å². The van der Waals surface area contributed by atoms with Gasteiger partial charge in [-0.05, 0) is 64.9 Å². The van der Waals surface area contributed by atoms with Crippen LogP contribution in [0.25, 0.3) is 0 Å². The smallest absolute Gasteiger partial charge is 0.315 e. The van der Waals surface area contributed by atoms with Crippen molar-refractivity contribution in [3.63, 3.8) is 0 Å². The minimum absolute atomic E-state index is 0.0446. The molecule has 6 atom stereocenters. The van der Waals surface area contributed by atoms with Gasteiger partial charge in [-0.15, -0.1) is 6.58 Å². The quantitative estimate of drug-likeness (QED) is 0.164. The van der Waals surface area contributed by atoms with Crippen LogP contribution in [0.1, 0.15) is 98.5 Å². The number of likely N-dealkylation sites (tertiary alicyclic amines) is 1. The second-order valence-corrected chi connectivity index (χ2v) is 20.5. The van der Waals surface area contributed by atoms with E-state index in [2.05, 4.69) is 41.7 Å². The number of nitrogens with zero attached hydrogens (tertiary/aromatic N) is 2. The SMILES string of the molecule is C=CCNC(=O)C(=O)C(CC1CC1)NC(=O)[C@@H]1[C@@H]2C(CN1C(=O)[C@@H](NC(=O)N[C@H](CN1Cc3ccccc3S1(=O)=O)C(C)(C)C)C1(C)CCCCC1)C2(C)C. The predicted molar refractivity (Wildman–Crippen MR) is 208 cm³/mol. The molecule has 0 aromatic heterocycles. The summed E-state index contributed by atoms with van der Waals surface area (Å²) in [5.41, 5.74) is -0.639. The highest BCUT2D eigenvalue weighted by Crippen LogP contribution is 2.65. The Morgan fingerprint density at radius 2 is 1.65 bits per heavy atom. The molecule has 0 radical (unpaired) electrons. The number of rotatable bonds is 14. The fraction of sp³-hybridized carbons (Fsp3) is 0.683. The molecule has 2 aliphatic heterocycles. The molecule has 4 N–H and O–H groups in total. The Hall–Kier alpha value is -3.78. The Labute approximate surface area is 326 Å². The number of carbonyl (C=O) groups is 5. The van der Waals surface area contributed by atoms with Crippen LogP contribution in [0, 0.1) is 34.0 Å². The molecule has 302 valence electrons. The maximum absolute atomic E-state index is 15.0. The van der Waals surface area contributed by atoms with E-state index in [9.17, 15) is 32.4 Å². The summed E-state index contributed by atoms with van der Waals surface area (Å²) in [6.07, 6.45) is 7.89. The van der Waals surface area contributed by atoms with Gasteiger partial charge in [0.2, 0.25) is 27.6 Å². The number of amides is 5. The second kappa shape index (κ2) is 15.3. The number of benzene rings is 1. The highest BCUT2D eigenvalue weighted by molar-refractivity contribution is 7.89. The van der Waals surface area contributed by atoms with Crippen molar-refractivity contribution in [1.82, 2.24) is 30.5 Å². The van der Waals surface area contributed by atoms with Gasteiger partial charge in [-0.25, -0.2) is 13.2 Å². The maximum Gasteiger partial charge on any atom is 0.315 e. The lowest BCUT2D eigenvalue weighted by atomic mass is 9.70. The molecule has 5 aliphatic rings. The Bertz CT molecular complexity index is 1810. The molecule has 1 aromatic rings. The van der Waals surface area contributed by atoms with Crippen molar-refractivity contribution in [3.05, 3.63) is 42.5 Å². The second-order valence-electron chi connectivity index (χ2n) is 18.6. The zero-order valence-corrected chi connectivity index (χ0v) is 34.1. The number of piperidine rings is 1. The minimum Gasteiger partial charge on any atom is -0.346 e. The molecule has 14 heteroatoms. The molecular formula is C41H60N6O7S. The van der Waals surface area contributed by atoms with Crippen molar-refractivity contribution < 1.29 is 32.4 Å².